The summed E-state index contributed by atoms with van der Waals surface area (Å²) in [5.74, 6) is -0.325. The van der Waals surface area contributed by atoms with E-state index >= 15 is 0 Å². The second-order valence-electron chi connectivity index (χ2n) is 3.26. The Hall–Kier alpha value is -1.61. The van der Waals surface area contributed by atoms with Gasteiger partial charge in [0.15, 0.2) is 5.71 Å². The van der Waals surface area contributed by atoms with Crippen LogP contribution in [0, 0.1) is 11.3 Å². The molecule has 0 aromatic carbocycles. The topological polar surface area (TPSA) is 79.5 Å². The van der Waals surface area contributed by atoms with Crippen LogP contribution in [0.2, 0.25) is 0 Å². The molecular formula is C10H12N2O3S. The molecule has 0 radical (unpaired) electrons. The third-order valence-electron chi connectivity index (χ3n) is 2.02. The highest BCUT2D eigenvalue weighted by molar-refractivity contribution is 7.86. The molecule has 0 saturated heterocycles. The normalized spacial score (nSPS) is 16.4. The molecule has 0 aromatic rings. The second-order valence-corrected chi connectivity index (χ2v) is 4.86. The zero-order valence-corrected chi connectivity index (χ0v) is 9.53. The van der Waals surface area contributed by atoms with Crippen LogP contribution in [0.1, 0.15) is 19.3 Å². The van der Waals surface area contributed by atoms with Gasteiger partial charge in [0, 0.05) is 0 Å². The molecule has 0 heterocycles. The molecule has 0 amide bonds. The van der Waals surface area contributed by atoms with E-state index < -0.39 is 10.1 Å². The second kappa shape index (κ2) is 5.47. The summed E-state index contributed by atoms with van der Waals surface area (Å²) in [6.45, 7) is 3.29. The average molecular weight is 240 g/mol. The highest BCUT2D eigenvalue weighted by Crippen LogP contribution is 2.19. The summed E-state index contributed by atoms with van der Waals surface area (Å²) in [5.41, 5.74) is 0.779. The first-order chi connectivity index (χ1) is 7.59. The number of oxime groups is 1. The van der Waals surface area contributed by atoms with Crippen LogP contribution >= 0.6 is 0 Å². The highest BCUT2D eigenvalue weighted by Gasteiger charge is 2.14. The molecule has 6 heteroatoms. The Labute approximate surface area is 94.8 Å². The van der Waals surface area contributed by atoms with Crippen LogP contribution in [-0.4, -0.2) is 19.9 Å². The van der Waals surface area contributed by atoms with Gasteiger partial charge < -0.3 is 0 Å². The van der Waals surface area contributed by atoms with Gasteiger partial charge in [-0.3, -0.25) is 4.28 Å². The fourth-order valence-corrected chi connectivity index (χ4v) is 1.84. The maximum Gasteiger partial charge on any atom is 0.332 e. The van der Waals surface area contributed by atoms with Crippen LogP contribution in [-0.2, 0) is 14.4 Å². The van der Waals surface area contributed by atoms with Crippen molar-refractivity contribution in [2.75, 3.05) is 5.75 Å². The van der Waals surface area contributed by atoms with Crippen LogP contribution in [0.5, 0.6) is 0 Å². The standard InChI is InChI=1S/C10H12N2O3S/c1-2-7-16(13,14)15-12-10(8-11)9-5-3-4-6-9/h2,5H,1,3-4,6-7H2. The number of nitrogens with zero attached hydrogens (tertiary/aromatic N) is 2. The average Bonchev–Trinajstić information content (AvgIpc) is 2.72. The van der Waals surface area contributed by atoms with E-state index in [1.54, 1.807) is 0 Å². The van der Waals surface area contributed by atoms with Gasteiger partial charge >= 0.3 is 10.1 Å². The van der Waals surface area contributed by atoms with Gasteiger partial charge in [0.1, 0.15) is 11.8 Å². The molecule has 16 heavy (non-hydrogen) atoms. The predicted octanol–water partition coefficient (Wildman–Crippen LogP) is 1.51. The van der Waals surface area contributed by atoms with Crippen LogP contribution in [0.15, 0.2) is 29.5 Å². The van der Waals surface area contributed by atoms with Crippen molar-refractivity contribution in [1.82, 2.24) is 0 Å². The minimum absolute atomic E-state index is 0.0325. The van der Waals surface area contributed by atoms with E-state index in [1.165, 1.54) is 6.08 Å². The van der Waals surface area contributed by atoms with Crippen molar-refractivity contribution in [3.8, 4) is 6.07 Å². The molecule has 0 bridgehead atoms. The lowest BCUT2D eigenvalue weighted by molar-refractivity contribution is 0.341. The first kappa shape index (κ1) is 12.5. The molecule has 1 aliphatic carbocycles. The molecule has 0 saturated carbocycles. The van der Waals surface area contributed by atoms with Gasteiger partial charge in [-0.15, -0.1) is 6.58 Å². The molecule has 0 atom stereocenters. The third kappa shape index (κ3) is 3.51. The fourth-order valence-electron chi connectivity index (χ4n) is 1.31. The molecule has 86 valence electrons. The molecule has 1 rings (SSSR count). The minimum atomic E-state index is -3.75. The maximum atomic E-state index is 11.1. The minimum Gasteiger partial charge on any atom is -0.267 e. The Kier molecular flexibility index (Phi) is 4.26. The molecule has 0 N–H and O–H groups in total. The maximum absolute atomic E-state index is 11.1. The fraction of sp³-hybridized carbons (Fsp3) is 0.400. The van der Waals surface area contributed by atoms with Crippen molar-refractivity contribution in [2.45, 2.75) is 19.3 Å². The van der Waals surface area contributed by atoms with Crippen LogP contribution in [0.4, 0.5) is 0 Å². The highest BCUT2D eigenvalue weighted by atomic mass is 32.2. The number of hydrogen-bond donors (Lipinski definition) is 0. The van der Waals surface area contributed by atoms with Crippen molar-refractivity contribution in [3.05, 3.63) is 24.3 Å². The van der Waals surface area contributed by atoms with Crippen LogP contribution in [0.3, 0.4) is 0 Å². The third-order valence-corrected chi connectivity index (χ3v) is 2.96. The summed E-state index contributed by atoms with van der Waals surface area (Å²) in [5, 5.41) is 12.2. The Morgan fingerprint density at radius 3 is 3.00 bits per heavy atom. The largest absolute Gasteiger partial charge is 0.332 e. The first-order valence-corrected chi connectivity index (χ1v) is 6.36. The molecular weight excluding hydrogens is 228 g/mol. The summed E-state index contributed by atoms with van der Waals surface area (Å²) in [6, 6.07) is 1.83. The zero-order valence-electron chi connectivity index (χ0n) is 8.72. The van der Waals surface area contributed by atoms with Crippen LogP contribution in [0.25, 0.3) is 0 Å². The molecule has 0 spiro atoms. The van der Waals surface area contributed by atoms with Gasteiger partial charge in [-0.2, -0.15) is 13.7 Å². The zero-order chi connectivity index (χ0) is 12.0. The summed E-state index contributed by atoms with van der Waals surface area (Å²) >= 11 is 0. The van der Waals surface area contributed by atoms with Crippen molar-refractivity contribution in [3.63, 3.8) is 0 Å². The Balaban J connectivity index is 2.75. The van der Waals surface area contributed by atoms with E-state index in [0.717, 1.165) is 24.8 Å². The number of hydrogen-bond acceptors (Lipinski definition) is 5. The van der Waals surface area contributed by atoms with Crippen molar-refractivity contribution in [1.29, 1.82) is 5.26 Å². The summed E-state index contributed by atoms with van der Waals surface area (Å²) in [4.78, 5) is 0. The quantitative estimate of drug-likeness (QED) is 0.414. The smallest absolute Gasteiger partial charge is 0.267 e. The Morgan fingerprint density at radius 2 is 2.50 bits per heavy atom. The Bertz CT molecular complexity index is 469. The van der Waals surface area contributed by atoms with Gasteiger partial charge in [0.05, 0.1) is 0 Å². The van der Waals surface area contributed by atoms with Crippen LogP contribution < -0.4 is 0 Å². The van der Waals surface area contributed by atoms with Crippen molar-refractivity contribution in [2.24, 2.45) is 5.16 Å². The van der Waals surface area contributed by atoms with E-state index in [1.807, 2.05) is 12.1 Å². The van der Waals surface area contributed by atoms with E-state index in [4.69, 9.17) is 5.26 Å². The van der Waals surface area contributed by atoms with Crippen molar-refractivity contribution < 1.29 is 12.7 Å². The van der Waals surface area contributed by atoms with E-state index in [2.05, 4.69) is 16.0 Å². The summed E-state index contributed by atoms with van der Waals surface area (Å²) in [6.07, 6.45) is 5.64. The van der Waals surface area contributed by atoms with Gasteiger partial charge in [-0.05, 0) is 24.8 Å². The van der Waals surface area contributed by atoms with E-state index in [0.29, 0.717) is 0 Å². The first-order valence-electron chi connectivity index (χ1n) is 4.79. The van der Waals surface area contributed by atoms with Gasteiger partial charge in [0.25, 0.3) is 0 Å². The lowest BCUT2D eigenvalue weighted by Crippen LogP contribution is -2.08. The van der Waals surface area contributed by atoms with Gasteiger partial charge in [-0.1, -0.05) is 17.3 Å². The number of nitriles is 1. The summed E-state index contributed by atoms with van der Waals surface area (Å²) in [7, 11) is -3.75. The number of allylic oxidation sites excluding steroid dienone is 2. The molecule has 0 aliphatic heterocycles. The van der Waals surface area contributed by atoms with E-state index in [9.17, 15) is 8.42 Å². The molecule has 5 nitrogen and oxygen atoms in total. The van der Waals surface area contributed by atoms with Gasteiger partial charge in [-0.25, -0.2) is 0 Å². The lowest BCUT2D eigenvalue weighted by atomic mass is 10.1. The molecule has 0 aromatic heterocycles. The number of rotatable bonds is 5. The van der Waals surface area contributed by atoms with Crippen molar-refractivity contribution >= 4 is 15.8 Å². The molecule has 1 aliphatic rings. The molecule has 0 unspecified atom stereocenters. The Morgan fingerprint density at radius 1 is 1.75 bits per heavy atom. The van der Waals surface area contributed by atoms with E-state index in [-0.39, 0.29) is 11.5 Å². The predicted molar refractivity (Wildman–Crippen MR) is 60.1 cm³/mol. The monoisotopic (exact) mass is 240 g/mol. The molecule has 0 fully saturated rings. The summed E-state index contributed by atoms with van der Waals surface area (Å²) < 4.78 is 26.6. The SMILES string of the molecule is C=CCS(=O)(=O)ON=C(C#N)C1=CCCC1. The van der Waals surface area contributed by atoms with Gasteiger partial charge in [0.2, 0.25) is 0 Å². The lowest BCUT2D eigenvalue weighted by Gasteiger charge is -1.99.